The van der Waals surface area contributed by atoms with Crippen LogP contribution in [0.5, 0.6) is 0 Å². The van der Waals surface area contributed by atoms with E-state index in [0.29, 0.717) is 20.8 Å². The van der Waals surface area contributed by atoms with Gasteiger partial charge in [-0.15, -0.1) is 0 Å². The van der Waals surface area contributed by atoms with Crippen LogP contribution in [0, 0.1) is 87.3 Å². The molecule has 0 atom stereocenters. The highest BCUT2D eigenvalue weighted by Crippen LogP contribution is 2.57. The topological polar surface area (TPSA) is 0 Å². The zero-order chi connectivity index (χ0) is 31.9. The van der Waals surface area contributed by atoms with E-state index in [9.17, 15) is 65.9 Å². The third-order valence-corrected chi connectivity index (χ3v) is 6.57. The molecule has 0 bridgehead atoms. The van der Waals surface area contributed by atoms with Crippen molar-refractivity contribution in [3.8, 4) is 0 Å². The molecular formula is C27H9F15. The van der Waals surface area contributed by atoms with Gasteiger partial charge in [-0.3, -0.25) is 0 Å². The van der Waals surface area contributed by atoms with E-state index in [1.165, 1.54) is 0 Å². The lowest BCUT2D eigenvalue weighted by atomic mass is 10.0. The van der Waals surface area contributed by atoms with Crippen LogP contribution >= 0.6 is 0 Å². The monoisotopic (exact) mass is 618 g/mol. The van der Waals surface area contributed by atoms with Gasteiger partial charge in [0.25, 0.3) is 0 Å². The van der Waals surface area contributed by atoms with Crippen LogP contribution in [0.2, 0.25) is 0 Å². The summed E-state index contributed by atoms with van der Waals surface area (Å²) >= 11 is 0. The third-order valence-electron chi connectivity index (χ3n) is 6.57. The summed E-state index contributed by atoms with van der Waals surface area (Å²) in [7, 11) is 0. The van der Waals surface area contributed by atoms with Crippen LogP contribution in [-0.4, -0.2) is 0 Å². The Morgan fingerprint density at radius 3 is 0.500 bits per heavy atom. The number of allylic oxidation sites excluding steroid dienone is 6. The number of halogens is 15. The zero-order valence-electron chi connectivity index (χ0n) is 20.7. The zero-order valence-corrected chi connectivity index (χ0v) is 20.7. The summed E-state index contributed by atoms with van der Waals surface area (Å²) in [5.41, 5.74) is -10.4. The maximum absolute atomic E-state index is 14.6. The number of benzene rings is 3. The second-order valence-electron chi connectivity index (χ2n) is 8.83. The van der Waals surface area contributed by atoms with E-state index in [1.54, 1.807) is 0 Å². The van der Waals surface area contributed by atoms with Gasteiger partial charge in [-0.05, 0) is 54.2 Å². The Kier molecular flexibility index (Phi) is 7.53. The molecule has 0 nitrogen and oxygen atoms in total. The van der Waals surface area contributed by atoms with Crippen LogP contribution in [0.15, 0.2) is 16.7 Å². The summed E-state index contributed by atoms with van der Waals surface area (Å²) in [6.07, 6.45) is 0. The van der Waals surface area contributed by atoms with E-state index in [0.717, 1.165) is 0 Å². The molecule has 0 aliphatic heterocycles. The fourth-order valence-corrected chi connectivity index (χ4v) is 4.49. The van der Waals surface area contributed by atoms with Crippen LogP contribution < -0.4 is 0 Å². The van der Waals surface area contributed by atoms with Crippen molar-refractivity contribution in [1.82, 2.24) is 0 Å². The molecule has 0 heterocycles. The number of rotatable bonds is 3. The lowest BCUT2D eigenvalue weighted by molar-refractivity contribution is 0.376. The van der Waals surface area contributed by atoms with Crippen molar-refractivity contribution in [3.05, 3.63) is 121 Å². The van der Waals surface area contributed by atoms with Crippen molar-refractivity contribution in [2.45, 2.75) is 20.8 Å². The minimum atomic E-state index is -2.59. The van der Waals surface area contributed by atoms with Gasteiger partial charge in [0.2, 0.25) is 17.5 Å². The molecule has 0 amide bonds. The highest BCUT2D eigenvalue weighted by Gasteiger charge is 2.42. The molecule has 4 rings (SSSR count). The largest absolute Gasteiger partial charge is 0.203 e. The lowest BCUT2D eigenvalue weighted by Crippen LogP contribution is -2.06. The second-order valence-corrected chi connectivity index (χ2v) is 8.83. The molecule has 0 N–H and O–H groups in total. The number of hydrogen-bond acceptors (Lipinski definition) is 0. The quantitative estimate of drug-likeness (QED) is 0.156. The maximum Gasteiger partial charge on any atom is 0.200 e. The van der Waals surface area contributed by atoms with Gasteiger partial charge >= 0.3 is 0 Å². The highest BCUT2D eigenvalue weighted by molar-refractivity contribution is 6.05. The fraction of sp³-hybridized carbons (Fsp3) is 0.111. The molecule has 0 aromatic heterocycles. The van der Waals surface area contributed by atoms with Crippen molar-refractivity contribution in [2.75, 3.05) is 0 Å². The minimum absolute atomic E-state index is 0.651. The van der Waals surface area contributed by atoms with Gasteiger partial charge in [-0.2, -0.15) is 0 Å². The molecule has 3 aromatic carbocycles. The molecule has 0 saturated heterocycles. The van der Waals surface area contributed by atoms with Gasteiger partial charge in [-0.25, -0.2) is 65.9 Å². The van der Waals surface area contributed by atoms with E-state index in [-0.39, 0.29) is 0 Å². The average molecular weight is 618 g/mol. The molecule has 0 unspecified atom stereocenters. The summed E-state index contributed by atoms with van der Waals surface area (Å²) in [5.74, 6) is -37.3. The van der Waals surface area contributed by atoms with Gasteiger partial charge < -0.3 is 0 Å². The average Bonchev–Trinajstić information content (AvgIpc) is 3.71. The van der Waals surface area contributed by atoms with Crippen molar-refractivity contribution >= 4 is 16.7 Å². The van der Waals surface area contributed by atoms with Crippen LogP contribution in [0.4, 0.5) is 65.9 Å². The van der Waals surface area contributed by atoms with Gasteiger partial charge in [0.1, 0.15) is 0 Å². The lowest BCUT2D eigenvalue weighted by Gasteiger charge is -2.09. The predicted octanol–water partition coefficient (Wildman–Crippen LogP) is 9.51. The van der Waals surface area contributed by atoms with Crippen molar-refractivity contribution < 1.29 is 65.9 Å². The Balaban J connectivity index is 2.21. The summed E-state index contributed by atoms with van der Waals surface area (Å²) in [4.78, 5) is 0. The van der Waals surface area contributed by atoms with Crippen molar-refractivity contribution in [1.29, 1.82) is 0 Å². The van der Waals surface area contributed by atoms with E-state index in [2.05, 4.69) is 0 Å². The molecule has 222 valence electrons. The maximum atomic E-state index is 14.6. The summed E-state index contributed by atoms with van der Waals surface area (Å²) in [6, 6.07) is 0. The van der Waals surface area contributed by atoms with Crippen LogP contribution in [-0.2, 0) is 0 Å². The molecule has 1 fully saturated rings. The first kappa shape index (κ1) is 30.8. The van der Waals surface area contributed by atoms with Gasteiger partial charge in [0.05, 0.1) is 16.7 Å². The van der Waals surface area contributed by atoms with Crippen molar-refractivity contribution in [3.63, 3.8) is 0 Å². The number of hydrogen-bond donors (Lipinski definition) is 0. The van der Waals surface area contributed by atoms with Crippen LogP contribution in [0.1, 0.15) is 37.5 Å². The van der Waals surface area contributed by atoms with Gasteiger partial charge in [0, 0.05) is 0 Å². The summed E-state index contributed by atoms with van der Waals surface area (Å²) < 4.78 is 212. The first-order valence-electron chi connectivity index (χ1n) is 11.1. The van der Waals surface area contributed by atoms with Gasteiger partial charge in [0.15, 0.2) is 69.8 Å². The molecule has 1 aliphatic carbocycles. The Bertz CT molecular complexity index is 1530. The first-order valence-corrected chi connectivity index (χ1v) is 11.1. The summed E-state index contributed by atoms with van der Waals surface area (Å²) in [5, 5.41) is 0. The SMILES string of the molecule is CC(=C1C(=C(C)c2c(F)c(F)c(F)c(F)c2F)C1=C(C)c1c(F)c(F)c(F)c(F)c1F)c1c(F)c(F)c(F)c(F)c1F. The first-order chi connectivity index (χ1) is 19.4. The van der Waals surface area contributed by atoms with Crippen LogP contribution in [0.25, 0.3) is 16.7 Å². The molecule has 15 heteroatoms. The third kappa shape index (κ3) is 4.19. The highest BCUT2D eigenvalue weighted by atomic mass is 19.2. The second kappa shape index (κ2) is 10.3. The minimum Gasteiger partial charge on any atom is -0.203 e. The normalized spacial score (nSPS) is 12.9. The molecule has 1 saturated carbocycles. The van der Waals surface area contributed by atoms with Crippen LogP contribution in [0.3, 0.4) is 0 Å². The predicted molar refractivity (Wildman–Crippen MR) is 116 cm³/mol. The molecule has 3 aromatic rings. The molecule has 0 spiro atoms. The van der Waals surface area contributed by atoms with E-state index < -0.39 is 137 Å². The van der Waals surface area contributed by atoms with Gasteiger partial charge in [-0.1, -0.05) is 0 Å². The summed E-state index contributed by atoms with van der Waals surface area (Å²) in [6.45, 7) is 1.95. The molecule has 0 radical (unpaired) electrons. The Labute approximate surface area is 224 Å². The standard InChI is InChI=1S/C27H9F15/c1-4(10-13(28)19(34)25(40)20(35)14(10)29)7-8(5(2)11-15(30)21(36)26(41)22(37)16(11)31)9(7)6(3)12-17(32)23(38)27(42)24(39)18(12)33/h1-3H3. The molecular weight excluding hydrogens is 609 g/mol. The van der Waals surface area contributed by atoms with E-state index in [4.69, 9.17) is 0 Å². The Morgan fingerprint density at radius 2 is 0.357 bits per heavy atom. The fourth-order valence-electron chi connectivity index (χ4n) is 4.49. The Morgan fingerprint density at radius 1 is 0.238 bits per heavy atom. The molecule has 1 aliphatic rings. The van der Waals surface area contributed by atoms with Crippen molar-refractivity contribution in [2.24, 2.45) is 0 Å². The smallest absolute Gasteiger partial charge is 0.200 e. The molecule has 42 heavy (non-hydrogen) atoms. The van der Waals surface area contributed by atoms with E-state index in [1.807, 2.05) is 0 Å². The van der Waals surface area contributed by atoms with E-state index >= 15 is 0 Å². The Hall–Kier alpha value is -4.17.